The first kappa shape index (κ1) is 26.6. The summed E-state index contributed by atoms with van der Waals surface area (Å²) in [6.07, 6.45) is 0. The molecule has 0 radical (unpaired) electrons. The number of ether oxygens (including phenoxy) is 3. The fourth-order valence-electron chi connectivity index (χ4n) is 4.75. The van der Waals surface area contributed by atoms with Crippen LogP contribution >= 0.6 is 0 Å². The third kappa shape index (κ3) is 4.77. The second-order valence-electron chi connectivity index (χ2n) is 8.70. The van der Waals surface area contributed by atoms with E-state index in [-0.39, 0.29) is 16.9 Å². The Morgan fingerprint density at radius 2 is 1.45 bits per heavy atom. The molecule has 0 bridgehead atoms. The lowest BCUT2D eigenvalue weighted by Gasteiger charge is -2.27. The minimum atomic E-state index is -0.860. The Bertz CT molecular complexity index is 1340. The van der Waals surface area contributed by atoms with Gasteiger partial charge in [0.2, 0.25) is 0 Å². The minimum absolute atomic E-state index is 0.0233. The zero-order valence-corrected chi connectivity index (χ0v) is 22.2. The van der Waals surface area contributed by atoms with Gasteiger partial charge in [-0.1, -0.05) is 12.1 Å². The second-order valence-corrected chi connectivity index (χ2v) is 8.70. The van der Waals surface area contributed by atoms with Crippen LogP contribution in [0.1, 0.15) is 31.0 Å². The largest absolute Gasteiger partial charge is 0.507 e. The molecule has 0 spiro atoms. The highest BCUT2D eigenvalue weighted by atomic mass is 16.5. The molecule has 8 heteroatoms. The van der Waals surface area contributed by atoms with Gasteiger partial charge < -0.3 is 24.2 Å². The van der Waals surface area contributed by atoms with Crippen LogP contribution in [-0.2, 0) is 9.59 Å². The average Bonchev–Trinajstić information content (AvgIpc) is 3.23. The van der Waals surface area contributed by atoms with Crippen LogP contribution in [0, 0.1) is 0 Å². The second kappa shape index (κ2) is 11.3. The van der Waals surface area contributed by atoms with Gasteiger partial charge in [0, 0.05) is 30.5 Å². The summed E-state index contributed by atoms with van der Waals surface area (Å²) in [6, 6.07) is 18.6. The summed E-state index contributed by atoms with van der Waals surface area (Å²) in [5.41, 5.74) is 2.48. The maximum atomic E-state index is 13.5. The smallest absolute Gasteiger partial charge is 0.300 e. The van der Waals surface area contributed by atoms with Gasteiger partial charge in [-0.15, -0.1) is 0 Å². The van der Waals surface area contributed by atoms with Gasteiger partial charge in [-0.25, -0.2) is 0 Å². The number of anilines is 2. The summed E-state index contributed by atoms with van der Waals surface area (Å²) in [5.74, 6) is -0.380. The van der Waals surface area contributed by atoms with E-state index in [0.29, 0.717) is 28.5 Å². The van der Waals surface area contributed by atoms with Gasteiger partial charge in [0.1, 0.15) is 23.0 Å². The Labute approximate surface area is 222 Å². The van der Waals surface area contributed by atoms with Crippen molar-refractivity contribution in [3.63, 3.8) is 0 Å². The first-order chi connectivity index (χ1) is 18.4. The lowest BCUT2D eigenvalue weighted by molar-refractivity contribution is -0.132. The number of ketones is 1. The molecule has 38 heavy (non-hydrogen) atoms. The maximum Gasteiger partial charge on any atom is 0.300 e. The molecule has 0 saturated carbocycles. The lowest BCUT2D eigenvalue weighted by Crippen LogP contribution is -2.29. The molecule has 1 amide bonds. The molecule has 1 saturated heterocycles. The van der Waals surface area contributed by atoms with Crippen LogP contribution in [0.3, 0.4) is 0 Å². The molecule has 1 heterocycles. The Balaban J connectivity index is 1.91. The van der Waals surface area contributed by atoms with E-state index in [2.05, 4.69) is 18.7 Å². The minimum Gasteiger partial charge on any atom is -0.507 e. The van der Waals surface area contributed by atoms with Crippen molar-refractivity contribution in [2.75, 3.05) is 44.2 Å². The predicted octanol–water partition coefficient (Wildman–Crippen LogP) is 5.18. The maximum absolute atomic E-state index is 13.5. The van der Waals surface area contributed by atoms with Gasteiger partial charge >= 0.3 is 0 Å². The van der Waals surface area contributed by atoms with Gasteiger partial charge in [-0.05, 0) is 67.9 Å². The first-order valence-electron chi connectivity index (χ1n) is 12.4. The van der Waals surface area contributed by atoms with E-state index >= 15 is 0 Å². The molecule has 1 aliphatic rings. The fourth-order valence-corrected chi connectivity index (χ4v) is 4.75. The number of benzene rings is 3. The van der Waals surface area contributed by atoms with E-state index in [1.807, 2.05) is 24.3 Å². The fraction of sp³-hybridized carbons (Fsp3) is 0.267. The van der Waals surface area contributed by atoms with Crippen molar-refractivity contribution < 1.29 is 28.9 Å². The number of Topliss-reactive ketones (excluding diaryl/α,β-unsaturated/α-hetero) is 1. The van der Waals surface area contributed by atoms with Crippen LogP contribution in [0.15, 0.2) is 72.3 Å². The molecule has 3 aromatic carbocycles. The van der Waals surface area contributed by atoms with Gasteiger partial charge in [-0.2, -0.15) is 0 Å². The topological polar surface area (TPSA) is 88.5 Å². The number of hydrogen-bond donors (Lipinski definition) is 1. The highest BCUT2D eigenvalue weighted by Crippen LogP contribution is 2.44. The molecule has 8 nitrogen and oxygen atoms in total. The molecule has 198 valence electrons. The zero-order valence-electron chi connectivity index (χ0n) is 22.2. The third-order valence-corrected chi connectivity index (χ3v) is 6.80. The van der Waals surface area contributed by atoms with Crippen molar-refractivity contribution in [1.29, 1.82) is 0 Å². The molecule has 4 rings (SSSR count). The third-order valence-electron chi connectivity index (χ3n) is 6.80. The van der Waals surface area contributed by atoms with E-state index in [0.717, 1.165) is 18.8 Å². The van der Waals surface area contributed by atoms with Crippen LogP contribution < -0.4 is 24.0 Å². The van der Waals surface area contributed by atoms with Crippen molar-refractivity contribution in [3.05, 3.63) is 83.4 Å². The number of hydrogen-bond acceptors (Lipinski definition) is 7. The van der Waals surface area contributed by atoms with Gasteiger partial charge in [0.25, 0.3) is 11.7 Å². The number of carbonyl (C=O) groups excluding carboxylic acids is 2. The zero-order chi connectivity index (χ0) is 27.4. The molecule has 1 N–H and O–H groups in total. The molecule has 0 aliphatic carbocycles. The van der Waals surface area contributed by atoms with E-state index in [1.54, 1.807) is 49.6 Å². The van der Waals surface area contributed by atoms with Crippen LogP contribution in [0.5, 0.6) is 17.2 Å². The van der Waals surface area contributed by atoms with Crippen molar-refractivity contribution in [3.8, 4) is 17.2 Å². The normalized spacial score (nSPS) is 16.4. The molecule has 1 fully saturated rings. The quantitative estimate of drug-likeness (QED) is 0.238. The Hall–Kier alpha value is -4.46. The van der Waals surface area contributed by atoms with Crippen molar-refractivity contribution in [1.82, 2.24) is 0 Å². The van der Waals surface area contributed by atoms with Gasteiger partial charge in [-0.3, -0.25) is 14.5 Å². The van der Waals surface area contributed by atoms with Crippen LogP contribution in [0.2, 0.25) is 0 Å². The average molecular weight is 517 g/mol. The van der Waals surface area contributed by atoms with Crippen LogP contribution in [-0.4, -0.2) is 51.2 Å². The molecule has 1 atom stereocenters. The number of nitrogens with zero attached hydrogens (tertiary/aromatic N) is 2. The first-order valence-corrected chi connectivity index (χ1v) is 12.4. The highest BCUT2D eigenvalue weighted by Gasteiger charge is 2.47. The van der Waals surface area contributed by atoms with Crippen LogP contribution in [0.4, 0.5) is 11.4 Å². The Morgan fingerprint density at radius 3 is 2.00 bits per heavy atom. The van der Waals surface area contributed by atoms with E-state index < -0.39 is 17.7 Å². The molecule has 1 aliphatic heterocycles. The van der Waals surface area contributed by atoms with Crippen molar-refractivity contribution >= 4 is 28.8 Å². The lowest BCUT2D eigenvalue weighted by atomic mass is 9.94. The molecule has 1 unspecified atom stereocenters. The Morgan fingerprint density at radius 1 is 0.842 bits per heavy atom. The predicted molar refractivity (Wildman–Crippen MR) is 147 cm³/mol. The number of methoxy groups -OCH3 is 3. The molecule has 0 aromatic heterocycles. The molecular weight excluding hydrogens is 484 g/mol. The van der Waals surface area contributed by atoms with Gasteiger partial charge in [0.15, 0.2) is 0 Å². The van der Waals surface area contributed by atoms with Gasteiger partial charge in [0.05, 0.1) is 38.5 Å². The molecular formula is C30H32N2O6. The number of amides is 1. The van der Waals surface area contributed by atoms with E-state index in [1.165, 1.54) is 19.1 Å². The summed E-state index contributed by atoms with van der Waals surface area (Å²) in [4.78, 5) is 30.6. The SMILES string of the molecule is CCN(CC)c1ccc(C2/C(=C(/O)c3ccc(OC)cc3OC)C(=O)C(=O)N2c2ccc(OC)cc2)cc1. The summed E-state index contributed by atoms with van der Waals surface area (Å²) >= 11 is 0. The summed E-state index contributed by atoms with van der Waals surface area (Å²) in [5, 5.41) is 11.5. The van der Waals surface area contributed by atoms with Crippen molar-refractivity contribution in [2.24, 2.45) is 0 Å². The van der Waals surface area contributed by atoms with E-state index in [9.17, 15) is 14.7 Å². The summed E-state index contributed by atoms with van der Waals surface area (Å²) in [6.45, 7) is 5.85. The summed E-state index contributed by atoms with van der Waals surface area (Å²) in [7, 11) is 4.54. The number of aliphatic hydroxyl groups is 1. The number of rotatable bonds is 9. The standard InChI is InChI=1S/C30H32N2O6/c1-6-31(7-2)20-10-8-19(9-11-20)27-26(28(33)24-17-16-23(37-4)18-25(24)38-5)29(34)30(35)32(27)21-12-14-22(36-3)15-13-21/h8-18,27,33H,6-7H2,1-5H3/b28-26-. The summed E-state index contributed by atoms with van der Waals surface area (Å²) < 4.78 is 16.0. The highest BCUT2D eigenvalue weighted by molar-refractivity contribution is 6.51. The number of carbonyl (C=O) groups is 2. The molecule has 3 aromatic rings. The van der Waals surface area contributed by atoms with Crippen LogP contribution in [0.25, 0.3) is 5.76 Å². The Kier molecular flexibility index (Phi) is 7.90. The van der Waals surface area contributed by atoms with Crippen molar-refractivity contribution in [2.45, 2.75) is 19.9 Å². The number of aliphatic hydroxyl groups excluding tert-OH is 1. The monoisotopic (exact) mass is 516 g/mol. The van der Waals surface area contributed by atoms with E-state index in [4.69, 9.17) is 14.2 Å².